The van der Waals surface area contributed by atoms with Crippen LogP contribution < -0.4 is 14.2 Å². The van der Waals surface area contributed by atoms with E-state index in [1.165, 1.54) is 13.2 Å². The van der Waals surface area contributed by atoms with Gasteiger partial charge in [0.1, 0.15) is 22.1 Å². The molecule has 41 heavy (non-hydrogen) atoms. The standard InChI is InChI=1S/C32H36N4O4S/c1-21-15-17-36-27(18-21)34-29(30(36)35-32(5,6)20-31(2,3)4)23-13-14-24(25(19-23)39-7)40-41(37,38)26-12-8-10-22-11-9-16-33-28(22)26/h8-19,35H,20H2,1-7H3. The summed E-state index contributed by atoms with van der Waals surface area (Å²) < 4.78 is 40.0. The smallest absolute Gasteiger partial charge is 0.341 e. The van der Waals surface area contributed by atoms with Gasteiger partial charge in [-0.25, -0.2) is 4.98 Å². The summed E-state index contributed by atoms with van der Waals surface area (Å²) in [4.78, 5) is 9.22. The Morgan fingerprint density at radius 1 is 0.951 bits per heavy atom. The van der Waals surface area contributed by atoms with Crippen molar-refractivity contribution >= 4 is 32.5 Å². The van der Waals surface area contributed by atoms with Crippen LogP contribution in [0.1, 0.15) is 46.6 Å². The van der Waals surface area contributed by atoms with Gasteiger partial charge in [0, 0.05) is 28.9 Å². The number of imidazole rings is 1. The molecule has 0 amide bonds. The molecule has 214 valence electrons. The SMILES string of the molecule is COc1cc(-c2nc3cc(C)ccn3c2NC(C)(C)CC(C)(C)C)ccc1OS(=O)(=O)c1cccc2cccnc12. The lowest BCUT2D eigenvalue weighted by Gasteiger charge is -2.34. The molecule has 0 fully saturated rings. The molecule has 0 aliphatic carbocycles. The fourth-order valence-corrected chi connectivity index (χ4v) is 6.60. The van der Waals surface area contributed by atoms with Crippen molar-refractivity contribution in [3.8, 4) is 22.8 Å². The number of rotatable bonds is 8. The highest BCUT2D eigenvalue weighted by molar-refractivity contribution is 7.87. The molecule has 3 aromatic heterocycles. The van der Waals surface area contributed by atoms with Crippen LogP contribution in [0.2, 0.25) is 0 Å². The molecule has 0 spiro atoms. The predicted octanol–water partition coefficient (Wildman–Crippen LogP) is 7.26. The van der Waals surface area contributed by atoms with Gasteiger partial charge >= 0.3 is 10.1 Å². The van der Waals surface area contributed by atoms with Gasteiger partial charge in [-0.1, -0.05) is 39.0 Å². The van der Waals surface area contributed by atoms with Gasteiger partial charge in [-0.3, -0.25) is 9.38 Å². The van der Waals surface area contributed by atoms with E-state index in [0.29, 0.717) is 10.9 Å². The lowest BCUT2D eigenvalue weighted by Crippen LogP contribution is -2.36. The Morgan fingerprint density at radius 3 is 2.44 bits per heavy atom. The van der Waals surface area contributed by atoms with Crippen LogP contribution in [0.4, 0.5) is 5.82 Å². The maximum absolute atomic E-state index is 13.4. The first-order valence-electron chi connectivity index (χ1n) is 13.5. The van der Waals surface area contributed by atoms with Gasteiger partial charge in [-0.15, -0.1) is 0 Å². The minimum atomic E-state index is -4.20. The summed E-state index contributed by atoms with van der Waals surface area (Å²) in [6.45, 7) is 13.1. The van der Waals surface area contributed by atoms with Gasteiger partial charge in [0.15, 0.2) is 11.5 Å². The molecule has 5 aromatic rings. The van der Waals surface area contributed by atoms with Crippen molar-refractivity contribution in [2.24, 2.45) is 5.41 Å². The van der Waals surface area contributed by atoms with Crippen molar-refractivity contribution in [2.45, 2.75) is 58.4 Å². The Bertz CT molecular complexity index is 1850. The van der Waals surface area contributed by atoms with Gasteiger partial charge in [-0.2, -0.15) is 8.42 Å². The molecule has 0 saturated heterocycles. The Balaban J connectivity index is 1.56. The number of nitrogens with one attached hydrogen (secondary N) is 1. The Hall–Kier alpha value is -4.11. The predicted molar refractivity (Wildman–Crippen MR) is 163 cm³/mol. The van der Waals surface area contributed by atoms with E-state index in [-0.39, 0.29) is 27.3 Å². The van der Waals surface area contributed by atoms with E-state index in [2.05, 4.69) is 44.9 Å². The molecule has 0 saturated carbocycles. The van der Waals surface area contributed by atoms with Gasteiger partial charge in [-0.05, 0) is 80.6 Å². The zero-order valence-corrected chi connectivity index (χ0v) is 25.3. The van der Waals surface area contributed by atoms with E-state index >= 15 is 0 Å². The van der Waals surface area contributed by atoms with E-state index in [1.807, 2.05) is 41.8 Å². The summed E-state index contributed by atoms with van der Waals surface area (Å²) in [5.74, 6) is 1.19. The number of benzene rings is 2. The lowest BCUT2D eigenvalue weighted by molar-refractivity contribution is 0.302. The number of para-hydroxylation sites is 1. The minimum Gasteiger partial charge on any atom is -0.493 e. The number of hydrogen-bond donors (Lipinski definition) is 1. The molecular weight excluding hydrogens is 536 g/mol. The number of ether oxygens (including phenoxy) is 1. The summed E-state index contributed by atoms with van der Waals surface area (Å²) in [5.41, 5.74) is 3.61. The van der Waals surface area contributed by atoms with Crippen molar-refractivity contribution in [3.63, 3.8) is 0 Å². The Labute approximate surface area is 241 Å². The number of anilines is 1. The van der Waals surface area contributed by atoms with Crippen molar-refractivity contribution < 1.29 is 17.3 Å². The van der Waals surface area contributed by atoms with Crippen LogP contribution >= 0.6 is 0 Å². The second-order valence-corrected chi connectivity index (χ2v) is 13.7. The molecule has 0 aliphatic heterocycles. The molecular formula is C32H36N4O4S. The third-order valence-electron chi connectivity index (χ3n) is 6.71. The van der Waals surface area contributed by atoms with Crippen molar-refractivity contribution in [2.75, 3.05) is 12.4 Å². The van der Waals surface area contributed by atoms with E-state index < -0.39 is 10.1 Å². The topological polar surface area (TPSA) is 94.8 Å². The first-order valence-corrected chi connectivity index (χ1v) is 14.9. The van der Waals surface area contributed by atoms with Gasteiger partial charge in [0.25, 0.3) is 0 Å². The Kier molecular flexibility index (Phi) is 7.19. The summed E-state index contributed by atoms with van der Waals surface area (Å²) in [6.07, 6.45) is 4.49. The highest BCUT2D eigenvalue weighted by Crippen LogP contribution is 2.39. The molecule has 9 heteroatoms. The molecule has 8 nitrogen and oxygen atoms in total. The number of fused-ring (bicyclic) bond motifs is 2. The number of hydrogen-bond acceptors (Lipinski definition) is 7. The molecule has 3 heterocycles. The van der Waals surface area contributed by atoms with E-state index in [0.717, 1.165) is 34.7 Å². The summed E-state index contributed by atoms with van der Waals surface area (Å²) in [6, 6.07) is 17.8. The number of aryl methyl sites for hydroxylation is 1. The van der Waals surface area contributed by atoms with Crippen molar-refractivity contribution in [1.82, 2.24) is 14.4 Å². The van der Waals surface area contributed by atoms with Crippen LogP contribution in [-0.4, -0.2) is 35.4 Å². The molecule has 0 unspecified atom stereocenters. The molecule has 0 bridgehead atoms. The zero-order chi connectivity index (χ0) is 29.6. The van der Waals surface area contributed by atoms with Gasteiger partial charge < -0.3 is 14.2 Å². The summed E-state index contributed by atoms with van der Waals surface area (Å²) >= 11 is 0. The second-order valence-electron chi connectivity index (χ2n) is 12.2. The van der Waals surface area contributed by atoms with E-state index in [1.54, 1.807) is 36.5 Å². The molecule has 5 rings (SSSR count). The molecule has 1 N–H and O–H groups in total. The van der Waals surface area contributed by atoms with Crippen molar-refractivity contribution in [1.29, 1.82) is 0 Å². The van der Waals surface area contributed by atoms with Gasteiger partial charge in [0.2, 0.25) is 0 Å². The minimum absolute atomic E-state index is 0.00924. The second kappa shape index (κ2) is 10.4. The highest BCUT2D eigenvalue weighted by atomic mass is 32.2. The van der Waals surface area contributed by atoms with Crippen LogP contribution in [0.15, 0.2) is 78.0 Å². The monoisotopic (exact) mass is 572 g/mol. The molecule has 0 aliphatic rings. The van der Waals surface area contributed by atoms with E-state index in [9.17, 15) is 8.42 Å². The highest BCUT2D eigenvalue weighted by Gasteiger charge is 2.29. The maximum atomic E-state index is 13.4. The lowest BCUT2D eigenvalue weighted by atomic mass is 9.82. The third kappa shape index (κ3) is 6.00. The maximum Gasteiger partial charge on any atom is 0.341 e. The van der Waals surface area contributed by atoms with Crippen LogP contribution in [0.25, 0.3) is 27.8 Å². The number of nitrogens with zero attached hydrogens (tertiary/aromatic N) is 3. The first kappa shape index (κ1) is 28.4. The fraction of sp³-hybridized carbons (Fsp3) is 0.312. The van der Waals surface area contributed by atoms with Gasteiger partial charge in [0.05, 0.1) is 12.6 Å². The van der Waals surface area contributed by atoms with Crippen LogP contribution in [0.3, 0.4) is 0 Å². The van der Waals surface area contributed by atoms with Crippen LogP contribution in [-0.2, 0) is 10.1 Å². The normalized spacial score (nSPS) is 12.6. The largest absolute Gasteiger partial charge is 0.493 e. The van der Waals surface area contributed by atoms with Crippen molar-refractivity contribution in [3.05, 3.63) is 78.6 Å². The first-order chi connectivity index (χ1) is 19.3. The zero-order valence-electron chi connectivity index (χ0n) is 24.5. The van der Waals surface area contributed by atoms with Crippen LogP contribution in [0.5, 0.6) is 11.5 Å². The van der Waals surface area contributed by atoms with E-state index in [4.69, 9.17) is 13.9 Å². The summed E-state index contributed by atoms with van der Waals surface area (Å²) in [5, 5.41) is 4.44. The molecule has 2 aromatic carbocycles. The Morgan fingerprint density at radius 2 is 1.71 bits per heavy atom. The fourth-order valence-electron chi connectivity index (χ4n) is 5.48. The average Bonchev–Trinajstić information content (AvgIpc) is 3.23. The number of pyridine rings is 2. The van der Waals surface area contributed by atoms with Crippen LogP contribution in [0, 0.1) is 12.3 Å². The quantitative estimate of drug-likeness (QED) is 0.196. The average molecular weight is 573 g/mol. The molecule has 0 atom stereocenters. The molecule has 0 radical (unpaired) electrons. The number of methoxy groups -OCH3 is 1. The number of aromatic nitrogens is 3. The third-order valence-corrected chi connectivity index (χ3v) is 7.98. The summed E-state index contributed by atoms with van der Waals surface area (Å²) in [7, 11) is -2.72.